The SMILES string of the molecule is CCCc1nc2c(c(=O)[nH]1)CN(Cc1cnc(S(=O)(=O)c3ccc(C)cc3)s1)CC2. The standard InChI is InChI=1S/C21H24N4O3S2/c1-3-4-19-23-18-9-10-25(13-17(18)20(26)24-19)12-15-11-22-21(29-15)30(27,28)16-7-5-14(2)6-8-16/h5-8,11H,3-4,9-10,12-13H2,1-2H3,(H,23,24,26). The number of H-pyrrole nitrogens is 1. The highest BCUT2D eigenvalue weighted by atomic mass is 32.2. The van der Waals surface area contributed by atoms with Crippen LogP contribution in [0, 0.1) is 6.92 Å². The van der Waals surface area contributed by atoms with Gasteiger partial charge in [-0.25, -0.2) is 18.4 Å². The van der Waals surface area contributed by atoms with Gasteiger partial charge in [0.2, 0.25) is 14.2 Å². The van der Waals surface area contributed by atoms with Crippen molar-refractivity contribution in [2.24, 2.45) is 0 Å². The Kier molecular flexibility index (Phi) is 5.86. The quantitative estimate of drug-likeness (QED) is 0.628. The van der Waals surface area contributed by atoms with Crippen LogP contribution < -0.4 is 5.56 Å². The van der Waals surface area contributed by atoms with Crippen LogP contribution >= 0.6 is 11.3 Å². The fraction of sp³-hybridized carbons (Fsp3) is 0.381. The molecule has 0 saturated heterocycles. The lowest BCUT2D eigenvalue weighted by Crippen LogP contribution is -2.35. The molecule has 0 unspecified atom stereocenters. The van der Waals surface area contributed by atoms with Gasteiger partial charge in [-0.3, -0.25) is 9.69 Å². The third kappa shape index (κ3) is 4.23. The molecule has 9 heteroatoms. The summed E-state index contributed by atoms with van der Waals surface area (Å²) in [6.07, 6.45) is 4.04. The molecule has 1 aromatic carbocycles. The first-order valence-corrected chi connectivity index (χ1v) is 12.3. The Hall–Kier alpha value is -2.36. The smallest absolute Gasteiger partial charge is 0.255 e. The van der Waals surface area contributed by atoms with Crippen molar-refractivity contribution in [2.45, 2.75) is 55.4 Å². The average molecular weight is 445 g/mol. The van der Waals surface area contributed by atoms with Gasteiger partial charge in [0.1, 0.15) is 5.82 Å². The lowest BCUT2D eigenvalue weighted by Gasteiger charge is -2.27. The number of sulfone groups is 1. The molecule has 3 heterocycles. The highest BCUT2D eigenvalue weighted by Gasteiger charge is 2.24. The summed E-state index contributed by atoms with van der Waals surface area (Å²) >= 11 is 1.18. The second kappa shape index (κ2) is 8.41. The topological polar surface area (TPSA) is 96.0 Å². The summed E-state index contributed by atoms with van der Waals surface area (Å²) in [5, 5.41) is 0. The Morgan fingerprint density at radius 3 is 2.73 bits per heavy atom. The maximum absolute atomic E-state index is 12.8. The number of aromatic nitrogens is 3. The zero-order valence-electron chi connectivity index (χ0n) is 17.0. The number of nitrogens with zero attached hydrogens (tertiary/aromatic N) is 3. The largest absolute Gasteiger partial charge is 0.310 e. The van der Waals surface area contributed by atoms with E-state index in [0.717, 1.165) is 41.3 Å². The molecule has 3 aromatic rings. The maximum atomic E-state index is 12.8. The van der Waals surface area contributed by atoms with Gasteiger partial charge in [0, 0.05) is 43.5 Å². The van der Waals surface area contributed by atoms with Gasteiger partial charge >= 0.3 is 0 Å². The number of hydrogen-bond acceptors (Lipinski definition) is 7. The highest BCUT2D eigenvalue weighted by Crippen LogP contribution is 2.27. The first-order valence-electron chi connectivity index (χ1n) is 9.96. The van der Waals surface area contributed by atoms with E-state index in [1.165, 1.54) is 11.3 Å². The van der Waals surface area contributed by atoms with Crippen LogP contribution in [-0.2, 0) is 35.8 Å². The molecule has 1 aliphatic rings. The summed E-state index contributed by atoms with van der Waals surface area (Å²) in [7, 11) is -3.62. The Bertz CT molecular complexity index is 1210. The van der Waals surface area contributed by atoms with Crippen LogP contribution in [0.25, 0.3) is 0 Å². The van der Waals surface area contributed by atoms with Crippen molar-refractivity contribution in [3.63, 3.8) is 0 Å². The second-order valence-electron chi connectivity index (χ2n) is 7.56. The van der Waals surface area contributed by atoms with Crippen LogP contribution in [0.4, 0.5) is 0 Å². The molecule has 2 aromatic heterocycles. The van der Waals surface area contributed by atoms with E-state index in [1.807, 2.05) is 6.92 Å². The monoisotopic (exact) mass is 444 g/mol. The molecule has 7 nitrogen and oxygen atoms in total. The van der Waals surface area contributed by atoms with Crippen molar-refractivity contribution in [3.05, 3.63) is 68.3 Å². The molecule has 0 atom stereocenters. The predicted octanol–water partition coefficient (Wildman–Crippen LogP) is 2.88. The van der Waals surface area contributed by atoms with Gasteiger partial charge < -0.3 is 4.98 Å². The maximum Gasteiger partial charge on any atom is 0.255 e. The van der Waals surface area contributed by atoms with E-state index in [2.05, 4.69) is 26.8 Å². The number of rotatable bonds is 6. The molecule has 1 aliphatic heterocycles. The Morgan fingerprint density at radius 1 is 1.23 bits per heavy atom. The van der Waals surface area contributed by atoms with Gasteiger partial charge in [-0.1, -0.05) is 24.6 Å². The minimum absolute atomic E-state index is 0.0694. The lowest BCUT2D eigenvalue weighted by atomic mass is 10.1. The van der Waals surface area contributed by atoms with E-state index in [9.17, 15) is 13.2 Å². The van der Waals surface area contributed by atoms with E-state index in [1.54, 1.807) is 30.5 Å². The Balaban J connectivity index is 1.50. The van der Waals surface area contributed by atoms with Crippen molar-refractivity contribution >= 4 is 21.2 Å². The van der Waals surface area contributed by atoms with Crippen LogP contribution in [0.2, 0.25) is 0 Å². The van der Waals surface area contributed by atoms with Crippen LogP contribution in [0.1, 0.15) is 40.9 Å². The van der Waals surface area contributed by atoms with Gasteiger partial charge in [-0.05, 0) is 25.5 Å². The number of hydrogen-bond donors (Lipinski definition) is 1. The van der Waals surface area contributed by atoms with Crippen LogP contribution in [0.3, 0.4) is 0 Å². The number of thiazole rings is 1. The Morgan fingerprint density at radius 2 is 2.00 bits per heavy atom. The Labute approximate surface area is 179 Å². The third-order valence-electron chi connectivity index (χ3n) is 5.16. The van der Waals surface area contributed by atoms with Gasteiger partial charge in [0.05, 0.1) is 16.2 Å². The molecule has 0 aliphatic carbocycles. The fourth-order valence-corrected chi connectivity index (χ4v) is 6.17. The zero-order valence-corrected chi connectivity index (χ0v) is 18.6. The lowest BCUT2D eigenvalue weighted by molar-refractivity contribution is 0.243. The van der Waals surface area contributed by atoms with Crippen molar-refractivity contribution in [3.8, 4) is 0 Å². The van der Waals surface area contributed by atoms with Crippen LogP contribution in [0.15, 0.2) is 44.5 Å². The summed E-state index contributed by atoms with van der Waals surface area (Å²) in [4.78, 5) is 27.4. The molecule has 30 heavy (non-hydrogen) atoms. The average Bonchev–Trinajstić information content (AvgIpc) is 3.18. The minimum Gasteiger partial charge on any atom is -0.310 e. The van der Waals surface area contributed by atoms with Crippen molar-refractivity contribution < 1.29 is 8.42 Å². The van der Waals surface area contributed by atoms with E-state index < -0.39 is 9.84 Å². The first-order chi connectivity index (χ1) is 14.4. The summed E-state index contributed by atoms with van der Waals surface area (Å²) < 4.78 is 25.7. The van der Waals surface area contributed by atoms with Gasteiger partial charge in [0.25, 0.3) is 5.56 Å². The van der Waals surface area contributed by atoms with Crippen molar-refractivity contribution in [1.82, 2.24) is 19.9 Å². The molecule has 0 bridgehead atoms. The summed E-state index contributed by atoms with van der Waals surface area (Å²) in [6, 6.07) is 6.78. The number of aryl methyl sites for hydroxylation is 2. The van der Waals surface area contributed by atoms with Gasteiger partial charge in [0.15, 0.2) is 0 Å². The van der Waals surface area contributed by atoms with E-state index in [0.29, 0.717) is 25.1 Å². The second-order valence-corrected chi connectivity index (χ2v) is 10.8. The predicted molar refractivity (Wildman–Crippen MR) is 115 cm³/mol. The molecule has 0 radical (unpaired) electrons. The summed E-state index contributed by atoms with van der Waals surface area (Å²) in [5.41, 5.74) is 2.52. The number of aromatic amines is 1. The number of benzene rings is 1. The molecule has 0 fully saturated rings. The third-order valence-corrected chi connectivity index (χ3v) is 8.30. The molecular formula is C21H24N4O3S2. The van der Waals surface area contributed by atoms with E-state index >= 15 is 0 Å². The molecule has 0 amide bonds. The van der Waals surface area contributed by atoms with Gasteiger partial charge in [-0.2, -0.15) is 0 Å². The zero-order chi connectivity index (χ0) is 21.3. The molecular weight excluding hydrogens is 420 g/mol. The fourth-order valence-electron chi connectivity index (χ4n) is 3.55. The minimum atomic E-state index is -3.62. The number of fused-ring (bicyclic) bond motifs is 1. The molecule has 4 rings (SSSR count). The first kappa shape index (κ1) is 20.9. The summed E-state index contributed by atoms with van der Waals surface area (Å²) in [6.45, 7) is 5.80. The highest BCUT2D eigenvalue weighted by molar-refractivity contribution is 7.93. The van der Waals surface area contributed by atoms with Crippen LogP contribution in [0.5, 0.6) is 0 Å². The normalized spacial score (nSPS) is 14.6. The summed E-state index contributed by atoms with van der Waals surface area (Å²) in [5.74, 6) is 0.753. The molecule has 0 spiro atoms. The van der Waals surface area contributed by atoms with Crippen LogP contribution in [-0.4, -0.2) is 34.8 Å². The molecule has 1 N–H and O–H groups in total. The number of nitrogens with one attached hydrogen (secondary N) is 1. The van der Waals surface area contributed by atoms with E-state index in [4.69, 9.17) is 0 Å². The van der Waals surface area contributed by atoms with Gasteiger partial charge in [-0.15, -0.1) is 11.3 Å². The molecule has 0 saturated carbocycles. The van der Waals surface area contributed by atoms with Crippen molar-refractivity contribution in [2.75, 3.05) is 6.54 Å². The molecule has 158 valence electrons. The van der Waals surface area contributed by atoms with E-state index in [-0.39, 0.29) is 14.8 Å². The van der Waals surface area contributed by atoms with Crippen molar-refractivity contribution in [1.29, 1.82) is 0 Å².